The van der Waals surface area contributed by atoms with E-state index in [1.54, 1.807) is 0 Å². The fourth-order valence-electron chi connectivity index (χ4n) is 1.88. The largest absolute Gasteiger partial charge is 0.405 e. The van der Waals surface area contributed by atoms with Crippen molar-refractivity contribution in [2.75, 3.05) is 37.7 Å². The zero-order valence-corrected chi connectivity index (χ0v) is 13.7. The average molecular weight is 326 g/mol. The van der Waals surface area contributed by atoms with Crippen molar-refractivity contribution in [1.29, 1.82) is 0 Å². The Kier molecular flexibility index (Phi) is 8.38. The minimum Gasteiger partial charge on any atom is -0.405 e. The third kappa shape index (κ3) is 7.24. The van der Waals surface area contributed by atoms with E-state index in [1.165, 1.54) is 29.4 Å². The van der Waals surface area contributed by atoms with Gasteiger partial charge in [-0.05, 0) is 0 Å². The van der Waals surface area contributed by atoms with Gasteiger partial charge >= 0.3 is 0 Å². The minimum atomic E-state index is -2.82. The molecular formula is C12H27N3O3S2. The molecule has 6 nitrogen and oxygen atoms in total. The fraction of sp³-hybridized carbons (Fsp3) is 0.750. The first-order valence-electron chi connectivity index (χ1n) is 6.93. The molecule has 0 aliphatic carbocycles. The van der Waals surface area contributed by atoms with Gasteiger partial charge in [0, 0.05) is 31.2 Å². The molecule has 20 heavy (non-hydrogen) atoms. The Morgan fingerprint density at radius 1 is 1.00 bits per heavy atom. The van der Waals surface area contributed by atoms with Crippen LogP contribution >= 0.6 is 11.9 Å². The molecule has 3 heterocycles. The van der Waals surface area contributed by atoms with Gasteiger partial charge < -0.3 is 13.7 Å². The first-order valence-corrected chi connectivity index (χ1v) is 9.57. The van der Waals surface area contributed by atoms with Crippen molar-refractivity contribution in [3.8, 4) is 0 Å². The molecule has 0 spiro atoms. The van der Waals surface area contributed by atoms with E-state index in [0.717, 1.165) is 24.6 Å². The maximum absolute atomic E-state index is 10.7. The zero-order chi connectivity index (χ0) is 15.0. The van der Waals surface area contributed by atoms with Gasteiger partial charge in [-0.25, -0.2) is 4.84 Å². The van der Waals surface area contributed by atoms with E-state index in [2.05, 4.69) is 21.1 Å². The maximum atomic E-state index is 10.7. The zero-order valence-electron chi connectivity index (χ0n) is 12.0. The third-order valence-electron chi connectivity index (χ3n) is 3.12. The summed E-state index contributed by atoms with van der Waals surface area (Å²) in [7, 11) is 8.05. The van der Waals surface area contributed by atoms with E-state index in [9.17, 15) is 8.42 Å². The van der Waals surface area contributed by atoms with Crippen LogP contribution in [0.2, 0.25) is 0 Å². The Balaban J connectivity index is 0.000000152. The van der Waals surface area contributed by atoms with Gasteiger partial charge in [0.05, 0.1) is 25.4 Å². The number of quaternary nitrogens is 3. The first-order chi connectivity index (χ1) is 9.42. The molecule has 0 amide bonds. The molecule has 0 saturated carbocycles. The topological polar surface area (TPSA) is 56.7 Å². The average Bonchev–Trinajstić information content (AvgIpc) is 3.08. The lowest BCUT2D eigenvalue weighted by Crippen LogP contribution is -3.06. The lowest BCUT2D eigenvalue weighted by molar-refractivity contribution is -1.04. The van der Waals surface area contributed by atoms with E-state index in [1.807, 2.05) is 11.9 Å². The second-order valence-electron chi connectivity index (χ2n) is 4.94. The predicted octanol–water partition coefficient (Wildman–Crippen LogP) is -2.89. The summed E-state index contributed by atoms with van der Waals surface area (Å²) in [5.41, 5.74) is 0. The number of hydrogen-bond acceptors (Lipinski definition) is 4. The Labute approximate surface area is 127 Å². The number of nitrogens with one attached hydrogen (secondary N) is 3. The van der Waals surface area contributed by atoms with Crippen molar-refractivity contribution >= 4 is 22.0 Å². The van der Waals surface area contributed by atoms with Gasteiger partial charge in [0.15, 0.2) is 0 Å². The molecule has 3 aliphatic rings. The van der Waals surface area contributed by atoms with Crippen LogP contribution in [0.5, 0.6) is 0 Å². The molecule has 0 radical (unpaired) electrons. The summed E-state index contributed by atoms with van der Waals surface area (Å²) in [4.78, 5) is 4.96. The molecule has 120 valence electrons. The fourth-order valence-corrected chi connectivity index (χ4v) is 4.01. The van der Waals surface area contributed by atoms with Crippen LogP contribution in [0.25, 0.3) is 0 Å². The van der Waals surface area contributed by atoms with Crippen LogP contribution in [0.4, 0.5) is 0 Å². The molecule has 8 heteroatoms. The molecule has 0 aromatic carbocycles. The van der Waals surface area contributed by atoms with Crippen molar-refractivity contribution in [3.05, 3.63) is 21.1 Å². The summed E-state index contributed by atoms with van der Waals surface area (Å²) >= 11 is 1.90. The quantitative estimate of drug-likeness (QED) is 0.331. The molecular weight excluding hydrogens is 298 g/mol. The van der Waals surface area contributed by atoms with E-state index in [0.29, 0.717) is 16.6 Å². The normalized spacial score (nSPS) is 34.9. The van der Waals surface area contributed by atoms with Gasteiger partial charge in [0.1, 0.15) is 12.4 Å². The molecule has 3 saturated heterocycles. The van der Waals surface area contributed by atoms with Crippen LogP contribution in [0.15, 0.2) is 0 Å². The lowest BCUT2D eigenvalue weighted by atomic mass is 10.5. The summed E-state index contributed by atoms with van der Waals surface area (Å²) in [6.45, 7) is 3.88. The molecule has 3 aliphatic heterocycles. The van der Waals surface area contributed by atoms with Crippen molar-refractivity contribution < 1.29 is 26.9 Å². The summed E-state index contributed by atoms with van der Waals surface area (Å²) in [5.74, 6) is 1.62. The van der Waals surface area contributed by atoms with Crippen LogP contribution in [-0.2, 0) is 14.9 Å². The van der Waals surface area contributed by atoms with Gasteiger partial charge in [-0.15, -0.1) is 21.1 Å². The Hall–Kier alpha value is 0.140. The summed E-state index contributed by atoms with van der Waals surface area (Å²) in [6.07, 6.45) is 3.28. The summed E-state index contributed by atoms with van der Waals surface area (Å²) < 4.78 is 23.1. The van der Waals surface area contributed by atoms with Crippen molar-refractivity contribution in [2.45, 2.75) is 19.3 Å². The standard InChI is InChI=1S/C4H9NO2S.C4H9NO.C4H9NS/c1-5-3-2-4-8(5,6)7;2*1-5-3-2-4-6-5/h5H,1-4H2;2*5H,1-4H2. The Morgan fingerprint density at radius 3 is 1.90 bits per heavy atom. The minimum absolute atomic E-state index is 0.311. The maximum Gasteiger partial charge on any atom is 0.271 e. The van der Waals surface area contributed by atoms with E-state index in [4.69, 9.17) is 4.84 Å². The van der Waals surface area contributed by atoms with Crippen LogP contribution in [0.1, 0.15) is 19.3 Å². The van der Waals surface area contributed by atoms with Crippen molar-refractivity contribution in [3.63, 3.8) is 0 Å². The van der Waals surface area contributed by atoms with E-state index < -0.39 is 10.0 Å². The first kappa shape index (κ1) is 18.2. The molecule has 0 bridgehead atoms. The van der Waals surface area contributed by atoms with E-state index >= 15 is 0 Å². The molecule has 3 atom stereocenters. The van der Waals surface area contributed by atoms with Crippen molar-refractivity contribution in [1.82, 2.24) is 0 Å². The van der Waals surface area contributed by atoms with Gasteiger partial charge in [-0.1, -0.05) is 0 Å². The highest BCUT2D eigenvalue weighted by Gasteiger charge is 2.23. The molecule has 3 fully saturated rings. The second kappa shape index (κ2) is 9.22. The van der Waals surface area contributed by atoms with Crippen LogP contribution in [0.3, 0.4) is 0 Å². The Bertz CT molecular complexity index is 339. The highest BCUT2D eigenvalue weighted by atomic mass is 32.2. The highest BCUT2D eigenvalue weighted by molar-refractivity contribution is 7.93. The monoisotopic (exact) mass is 325 g/mol. The summed E-state index contributed by atoms with van der Waals surface area (Å²) in [6, 6.07) is 0. The van der Waals surface area contributed by atoms with Crippen molar-refractivity contribution in [2.24, 2.45) is 0 Å². The van der Waals surface area contributed by atoms with Gasteiger partial charge in [0.25, 0.3) is 10.0 Å². The number of hydrogen-bond donors (Lipinski definition) is 3. The van der Waals surface area contributed by atoms with Crippen LogP contribution in [-0.4, -0.2) is 46.2 Å². The smallest absolute Gasteiger partial charge is 0.271 e. The molecule has 0 aromatic rings. The number of hydroxylamine groups is 2. The van der Waals surface area contributed by atoms with Crippen LogP contribution in [0, 0.1) is 21.1 Å². The van der Waals surface area contributed by atoms with E-state index in [-0.39, 0.29) is 0 Å². The Morgan fingerprint density at radius 2 is 1.75 bits per heavy atom. The number of sulfonamides is 1. The van der Waals surface area contributed by atoms with Gasteiger partial charge in [0.2, 0.25) is 0 Å². The molecule has 3 unspecified atom stereocenters. The lowest BCUT2D eigenvalue weighted by Gasteiger charge is -2.08. The third-order valence-corrected chi connectivity index (χ3v) is 6.14. The van der Waals surface area contributed by atoms with Gasteiger partial charge in [-0.2, -0.15) is 8.42 Å². The van der Waals surface area contributed by atoms with Crippen LogP contribution < -0.4 is 13.7 Å². The van der Waals surface area contributed by atoms with Gasteiger partial charge in [-0.3, -0.25) is 0 Å². The molecule has 3 N–H and O–H groups in total. The highest BCUT2D eigenvalue weighted by Crippen LogP contribution is 1.95. The summed E-state index contributed by atoms with van der Waals surface area (Å²) in [5, 5.41) is 0.954. The molecule has 0 aromatic heterocycles. The SMILES string of the molecule is [CH2-][NH+]1CCCO1.[CH2-][NH+]1CCCS1.[CH2-][NH+]1CCCS1(=O)=O. The number of rotatable bonds is 0. The second-order valence-corrected chi connectivity index (χ2v) is 8.43. The predicted molar refractivity (Wildman–Crippen MR) is 79.6 cm³/mol. The molecule has 3 rings (SSSR count).